The van der Waals surface area contributed by atoms with E-state index in [1.54, 1.807) is 12.1 Å². The molecule has 4 nitrogen and oxygen atoms in total. The van der Waals surface area contributed by atoms with Gasteiger partial charge in [0.05, 0.1) is 19.6 Å². The molecule has 1 atom stereocenters. The van der Waals surface area contributed by atoms with Crippen LogP contribution < -0.4 is 4.74 Å². The standard InChI is InChI=1S/C11H12O4/c1-14-11(13)9-4-5-15-10-6-7(12)2-3-8(9)10/h2-3,6,9,12H,4-5H2,1H3. The third-order valence-electron chi connectivity index (χ3n) is 2.52. The van der Waals surface area contributed by atoms with Crippen LogP contribution in [0.3, 0.4) is 0 Å². The second-order valence-corrected chi connectivity index (χ2v) is 3.44. The zero-order chi connectivity index (χ0) is 10.8. The Balaban J connectivity index is 2.38. The molecule has 0 spiro atoms. The van der Waals surface area contributed by atoms with Crippen molar-refractivity contribution in [3.05, 3.63) is 23.8 Å². The van der Waals surface area contributed by atoms with Gasteiger partial charge in [0.2, 0.25) is 0 Å². The molecule has 2 rings (SSSR count). The molecule has 80 valence electrons. The van der Waals surface area contributed by atoms with Crippen molar-refractivity contribution in [2.45, 2.75) is 12.3 Å². The molecule has 0 saturated heterocycles. The zero-order valence-electron chi connectivity index (χ0n) is 8.40. The molecule has 0 bridgehead atoms. The Morgan fingerprint density at radius 2 is 2.40 bits per heavy atom. The highest BCUT2D eigenvalue weighted by Gasteiger charge is 2.28. The summed E-state index contributed by atoms with van der Waals surface area (Å²) >= 11 is 0. The molecule has 1 aliphatic heterocycles. The van der Waals surface area contributed by atoms with E-state index in [-0.39, 0.29) is 17.6 Å². The van der Waals surface area contributed by atoms with Crippen LogP contribution in [-0.4, -0.2) is 24.8 Å². The summed E-state index contributed by atoms with van der Waals surface area (Å²) in [4.78, 5) is 11.5. The predicted octanol–water partition coefficient (Wildman–Crippen LogP) is 1.43. The SMILES string of the molecule is COC(=O)C1CCOc2cc(O)ccc21. The highest BCUT2D eigenvalue weighted by atomic mass is 16.5. The van der Waals surface area contributed by atoms with Gasteiger partial charge in [0.15, 0.2) is 0 Å². The maximum Gasteiger partial charge on any atom is 0.313 e. The first-order chi connectivity index (χ1) is 7.22. The van der Waals surface area contributed by atoms with Gasteiger partial charge in [-0.25, -0.2) is 0 Å². The Labute approximate surface area is 87.4 Å². The third-order valence-corrected chi connectivity index (χ3v) is 2.52. The van der Waals surface area contributed by atoms with E-state index in [0.717, 1.165) is 5.56 Å². The first kappa shape index (κ1) is 9.83. The molecule has 1 aromatic rings. The maximum absolute atomic E-state index is 11.5. The van der Waals surface area contributed by atoms with Crippen LogP contribution in [0.15, 0.2) is 18.2 Å². The number of carbonyl (C=O) groups excluding carboxylic acids is 1. The number of hydrogen-bond donors (Lipinski definition) is 1. The maximum atomic E-state index is 11.5. The van der Waals surface area contributed by atoms with Gasteiger partial charge < -0.3 is 14.6 Å². The lowest BCUT2D eigenvalue weighted by atomic mass is 9.93. The molecule has 15 heavy (non-hydrogen) atoms. The number of benzene rings is 1. The van der Waals surface area contributed by atoms with Crippen LogP contribution in [0.4, 0.5) is 0 Å². The average Bonchev–Trinajstić information content (AvgIpc) is 2.26. The van der Waals surface area contributed by atoms with Crippen molar-refractivity contribution in [1.29, 1.82) is 0 Å². The molecule has 4 heteroatoms. The minimum absolute atomic E-state index is 0.138. The highest BCUT2D eigenvalue weighted by Crippen LogP contribution is 2.36. The fourth-order valence-electron chi connectivity index (χ4n) is 1.77. The van der Waals surface area contributed by atoms with Crippen LogP contribution in [0.5, 0.6) is 11.5 Å². The van der Waals surface area contributed by atoms with Crippen molar-refractivity contribution in [3.63, 3.8) is 0 Å². The molecule has 0 amide bonds. The Morgan fingerprint density at radius 1 is 1.60 bits per heavy atom. The fraction of sp³-hybridized carbons (Fsp3) is 0.364. The van der Waals surface area contributed by atoms with Crippen LogP contribution in [0.25, 0.3) is 0 Å². The summed E-state index contributed by atoms with van der Waals surface area (Å²) in [5.74, 6) is 0.167. The van der Waals surface area contributed by atoms with Crippen LogP contribution >= 0.6 is 0 Å². The summed E-state index contributed by atoms with van der Waals surface area (Å²) in [6.45, 7) is 0.468. The number of hydrogen-bond acceptors (Lipinski definition) is 4. The second-order valence-electron chi connectivity index (χ2n) is 3.44. The molecule has 1 unspecified atom stereocenters. The first-order valence-corrected chi connectivity index (χ1v) is 4.76. The van der Waals surface area contributed by atoms with Gasteiger partial charge in [-0.05, 0) is 12.5 Å². The lowest BCUT2D eigenvalue weighted by Crippen LogP contribution is -2.22. The Hall–Kier alpha value is -1.71. The van der Waals surface area contributed by atoms with Gasteiger partial charge in [-0.1, -0.05) is 6.07 Å². The second kappa shape index (κ2) is 3.81. The third kappa shape index (κ3) is 1.75. The minimum atomic E-state index is -0.278. The van der Waals surface area contributed by atoms with E-state index < -0.39 is 0 Å². The van der Waals surface area contributed by atoms with Gasteiger partial charge in [-0.3, -0.25) is 4.79 Å². The number of phenols is 1. The van der Waals surface area contributed by atoms with Crippen molar-refractivity contribution < 1.29 is 19.4 Å². The summed E-state index contributed by atoms with van der Waals surface area (Å²) in [5.41, 5.74) is 0.783. The van der Waals surface area contributed by atoms with Gasteiger partial charge in [0, 0.05) is 11.6 Å². The van der Waals surface area contributed by atoms with E-state index in [0.29, 0.717) is 18.8 Å². The number of esters is 1. The predicted molar refractivity (Wildman–Crippen MR) is 53.0 cm³/mol. The zero-order valence-corrected chi connectivity index (χ0v) is 8.40. The van der Waals surface area contributed by atoms with Crippen LogP contribution in [0.2, 0.25) is 0 Å². The van der Waals surface area contributed by atoms with Crippen LogP contribution in [0.1, 0.15) is 17.9 Å². The molecular formula is C11H12O4. The first-order valence-electron chi connectivity index (χ1n) is 4.76. The van der Waals surface area contributed by atoms with Crippen molar-refractivity contribution in [2.75, 3.05) is 13.7 Å². The minimum Gasteiger partial charge on any atom is -0.508 e. The van der Waals surface area contributed by atoms with E-state index in [4.69, 9.17) is 9.47 Å². The molecule has 0 fully saturated rings. The van der Waals surface area contributed by atoms with Crippen molar-refractivity contribution in [2.24, 2.45) is 0 Å². The summed E-state index contributed by atoms with van der Waals surface area (Å²) in [7, 11) is 1.37. The van der Waals surface area contributed by atoms with Crippen molar-refractivity contribution in [3.8, 4) is 11.5 Å². The fourth-order valence-corrected chi connectivity index (χ4v) is 1.77. The van der Waals surface area contributed by atoms with Crippen molar-refractivity contribution in [1.82, 2.24) is 0 Å². The molecule has 1 aromatic carbocycles. The van der Waals surface area contributed by atoms with Crippen LogP contribution in [-0.2, 0) is 9.53 Å². The number of aromatic hydroxyl groups is 1. The molecule has 0 saturated carbocycles. The molecule has 0 aliphatic carbocycles. The monoisotopic (exact) mass is 208 g/mol. The number of methoxy groups -OCH3 is 1. The van der Waals surface area contributed by atoms with E-state index in [1.165, 1.54) is 13.2 Å². The van der Waals surface area contributed by atoms with E-state index in [9.17, 15) is 9.90 Å². The Morgan fingerprint density at radius 3 is 3.13 bits per heavy atom. The van der Waals surface area contributed by atoms with Gasteiger partial charge >= 0.3 is 5.97 Å². The van der Waals surface area contributed by atoms with E-state index in [1.807, 2.05) is 0 Å². The average molecular weight is 208 g/mol. The molecular weight excluding hydrogens is 196 g/mol. The summed E-state index contributed by atoms with van der Waals surface area (Å²) < 4.78 is 10.1. The topological polar surface area (TPSA) is 55.8 Å². The molecule has 1 heterocycles. The lowest BCUT2D eigenvalue weighted by molar-refractivity contribution is -0.143. The van der Waals surface area contributed by atoms with Crippen molar-refractivity contribution >= 4 is 5.97 Å². The Bertz CT molecular complexity index is 386. The largest absolute Gasteiger partial charge is 0.508 e. The van der Waals surface area contributed by atoms with E-state index in [2.05, 4.69) is 0 Å². The van der Waals surface area contributed by atoms with Gasteiger partial charge in [-0.2, -0.15) is 0 Å². The summed E-state index contributed by atoms with van der Waals surface area (Å²) in [6.07, 6.45) is 0.616. The number of phenolic OH excluding ortho intramolecular Hbond substituents is 1. The lowest BCUT2D eigenvalue weighted by Gasteiger charge is -2.23. The smallest absolute Gasteiger partial charge is 0.313 e. The van der Waals surface area contributed by atoms with Gasteiger partial charge in [0.1, 0.15) is 11.5 Å². The Kier molecular flexibility index (Phi) is 2.49. The van der Waals surface area contributed by atoms with E-state index >= 15 is 0 Å². The van der Waals surface area contributed by atoms with Gasteiger partial charge in [0.25, 0.3) is 0 Å². The summed E-state index contributed by atoms with van der Waals surface area (Å²) in [6, 6.07) is 4.76. The van der Waals surface area contributed by atoms with Gasteiger partial charge in [-0.15, -0.1) is 0 Å². The molecule has 0 radical (unpaired) electrons. The number of fused-ring (bicyclic) bond motifs is 1. The van der Waals surface area contributed by atoms with Crippen LogP contribution in [0, 0.1) is 0 Å². The molecule has 0 aromatic heterocycles. The molecule has 1 aliphatic rings. The summed E-state index contributed by atoms with van der Waals surface area (Å²) in [5, 5.41) is 9.27. The number of rotatable bonds is 1. The number of ether oxygens (including phenoxy) is 2. The number of carbonyl (C=O) groups is 1. The quantitative estimate of drug-likeness (QED) is 0.709. The molecule has 1 N–H and O–H groups in total. The normalized spacial score (nSPS) is 18.9. The highest BCUT2D eigenvalue weighted by molar-refractivity contribution is 5.79.